The first-order valence-electron chi connectivity index (χ1n) is 8.52. The van der Waals surface area contributed by atoms with Crippen LogP contribution >= 0.6 is 11.3 Å². The number of fused-ring (bicyclic) bond motifs is 1. The number of nitrogens with zero attached hydrogens (tertiary/aromatic N) is 1. The molecule has 0 fully saturated rings. The molecule has 0 unspecified atom stereocenters. The largest absolute Gasteiger partial charge is 0.493 e. The van der Waals surface area contributed by atoms with E-state index in [0.29, 0.717) is 29.4 Å². The summed E-state index contributed by atoms with van der Waals surface area (Å²) in [4.78, 5) is 26.0. The number of carbonyl (C=O) groups is 2. The molecule has 1 aromatic carbocycles. The highest BCUT2D eigenvalue weighted by Gasteiger charge is 2.30. The molecule has 3 rings (SSSR count). The molecule has 0 spiro atoms. The van der Waals surface area contributed by atoms with Gasteiger partial charge in [-0.2, -0.15) is 0 Å². The standard InChI is InChI=1S/C19H21FN2O3S/c1-4-15-17(22(3)20)16(11(2)23)18(26-15)19(24)21-13-9-10-25-14-8-6-5-7-12(13)14/h5-8,13H,4,9-10H2,1-3H3,(H,21,24)/t13-/m0/s1. The van der Waals surface area contributed by atoms with Crippen LogP contribution in [0.25, 0.3) is 0 Å². The van der Waals surface area contributed by atoms with Crippen LogP contribution < -0.4 is 15.2 Å². The van der Waals surface area contributed by atoms with Crippen LogP contribution in [0.2, 0.25) is 0 Å². The van der Waals surface area contributed by atoms with E-state index in [9.17, 15) is 14.1 Å². The molecule has 5 nitrogen and oxygen atoms in total. The van der Waals surface area contributed by atoms with Crippen LogP contribution in [0, 0.1) is 0 Å². The average molecular weight is 376 g/mol. The monoisotopic (exact) mass is 376 g/mol. The van der Waals surface area contributed by atoms with Crippen LogP contribution in [0.1, 0.15) is 56.8 Å². The predicted octanol–water partition coefficient (Wildman–Crippen LogP) is 4.09. The molecule has 1 aliphatic rings. The quantitative estimate of drug-likeness (QED) is 0.631. The zero-order valence-electron chi connectivity index (χ0n) is 15.0. The molecule has 1 atom stereocenters. The van der Waals surface area contributed by atoms with E-state index in [2.05, 4.69) is 5.32 Å². The van der Waals surface area contributed by atoms with E-state index in [-0.39, 0.29) is 33.9 Å². The van der Waals surface area contributed by atoms with Gasteiger partial charge in [0.25, 0.3) is 5.91 Å². The van der Waals surface area contributed by atoms with Gasteiger partial charge in [-0.05, 0) is 19.4 Å². The Hall–Kier alpha value is -2.41. The van der Waals surface area contributed by atoms with Crippen LogP contribution in [0.3, 0.4) is 0 Å². The fraction of sp³-hybridized carbons (Fsp3) is 0.368. The molecule has 2 heterocycles. The smallest absolute Gasteiger partial charge is 0.262 e. The molecule has 0 bridgehead atoms. The molecule has 0 radical (unpaired) electrons. The van der Waals surface area contributed by atoms with Crippen LogP contribution in [0.5, 0.6) is 5.75 Å². The van der Waals surface area contributed by atoms with E-state index in [1.807, 2.05) is 31.2 Å². The molecule has 1 N–H and O–H groups in total. The van der Waals surface area contributed by atoms with E-state index in [4.69, 9.17) is 4.74 Å². The second-order valence-corrected chi connectivity index (χ2v) is 7.27. The number of carbonyl (C=O) groups excluding carboxylic acids is 2. The van der Waals surface area contributed by atoms with Crippen molar-refractivity contribution in [2.75, 3.05) is 18.8 Å². The van der Waals surface area contributed by atoms with Gasteiger partial charge in [0.05, 0.1) is 23.9 Å². The number of amides is 1. The summed E-state index contributed by atoms with van der Waals surface area (Å²) in [6, 6.07) is 7.35. The number of nitrogens with one attached hydrogen (secondary N) is 1. The molecule has 0 saturated heterocycles. The Balaban J connectivity index is 1.95. The summed E-state index contributed by atoms with van der Waals surface area (Å²) in [7, 11) is 1.24. The van der Waals surface area contributed by atoms with Crippen molar-refractivity contribution in [1.29, 1.82) is 0 Å². The second-order valence-electron chi connectivity index (χ2n) is 6.17. The normalized spacial score (nSPS) is 15.8. The van der Waals surface area contributed by atoms with Crippen LogP contribution in [0.4, 0.5) is 10.2 Å². The van der Waals surface area contributed by atoms with Gasteiger partial charge in [-0.3, -0.25) is 9.59 Å². The summed E-state index contributed by atoms with van der Waals surface area (Å²) in [5.74, 6) is 0.0723. The van der Waals surface area contributed by atoms with Crippen molar-refractivity contribution in [2.45, 2.75) is 32.7 Å². The number of rotatable bonds is 5. The third-order valence-electron chi connectivity index (χ3n) is 4.40. The van der Waals surface area contributed by atoms with Gasteiger partial charge in [-0.15, -0.1) is 15.8 Å². The number of ketones is 1. The van der Waals surface area contributed by atoms with Crippen molar-refractivity contribution in [2.24, 2.45) is 0 Å². The fourth-order valence-electron chi connectivity index (χ4n) is 3.24. The highest BCUT2D eigenvalue weighted by molar-refractivity contribution is 7.15. The van der Waals surface area contributed by atoms with Gasteiger partial charge in [0.15, 0.2) is 5.78 Å². The molecular formula is C19H21FN2O3S. The Kier molecular flexibility index (Phi) is 5.27. The van der Waals surface area contributed by atoms with Crippen molar-refractivity contribution in [1.82, 2.24) is 5.32 Å². The van der Waals surface area contributed by atoms with E-state index < -0.39 is 0 Å². The Morgan fingerprint density at radius 3 is 2.77 bits per heavy atom. The number of thiophene rings is 1. The van der Waals surface area contributed by atoms with Gasteiger partial charge in [-0.25, -0.2) is 5.12 Å². The Labute approximate surface area is 155 Å². The fourth-order valence-corrected chi connectivity index (χ4v) is 4.45. The molecule has 1 amide bonds. The molecule has 1 aliphatic heterocycles. The van der Waals surface area contributed by atoms with Crippen molar-refractivity contribution in [3.63, 3.8) is 0 Å². The Bertz CT molecular complexity index is 847. The van der Waals surface area contributed by atoms with E-state index in [1.54, 1.807) is 0 Å². The molecule has 2 aromatic rings. The lowest BCUT2D eigenvalue weighted by Crippen LogP contribution is -2.32. The number of ether oxygens (including phenoxy) is 1. The van der Waals surface area contributed by atoms with E-state index in [0.717, 1.165) is 11.3 Å². The van der Waals surface area contributed by atoms with E-state index >= 15 is 0 Å². The van der Waals surface area contributed by atoms with Crippen molar-refractivity contribution in [3.05, 3.63) is 45.1 Å². The van der Waals surface area contributed by atoms with Crippen molar-refractivity contribution < 1.29 is 18.8 Å². The van der Waals surface area contributed by atoms with Gasteiger partial charge in [-0.1, -0.05) is 25.1 Å². The Morgan fingerprint density at radius 2 is 2.12 bits per heavy atom. The highest BCUT2D eigenvalue weighted by Crippen LogP contribution is 2.38. The van der Waals surface area contributed by atoms with Crippen LogP contribution in [-0.2, 0) is 6.42 Å². The second kappa shape index (κ2) is 7.45. The summed E-state index contributed by atoms with van der Waals surface area (Å²) < 4.78 is 19.6. The molecule has 0 saturated carbocycles. The Morgan fingerprint density at radius 1 is 1.38 bits per heavy atom. The minimum Gasteiger partial charge on any atom is -0.493 e. The first-order chi connectivity index (χ1) is 12.4. The minimum atomic E-state index is -0.357. The van der Waals surface area contributed by atoms with Gasteiger partial charge in [0.2, 0.25) is 0 Å². The SMILES string of the molecule is CCc1sc(C(=O)N[C@H]2CCOc3ccccc32)c(C(C)=O)c1N(C)F. The maximum absolute atomic E-state index is 14.0. The van der Waals surface area contributed by atoms with Gasteiger partial charge in [0, 0.05) is 23.9 Å². The zero-order valence-corrected chi connectivity index (χ0v) is 15.8. The maximum Gasteiger partial charge on any atom is 0.262 e. The maximum atomic E-state index is 14.0. The summed E-state index contributed by atoms with van der Waals surface area (Å²) in [5, 5.41) is 3.41. The van der Waals surface area contributed by atoms with Gasteiger partial charge >= 0.3 is 0 Å². The summed E-state index contributed by atoms with van der Waals surface area (Å²) >= 11 is 1.17. The first-order valence-corrected chi connectivity index (χ1v) is 9.34. The minimum absolute atomic E-state index is 0.148. The molecular weight excluding hydrogens is 355 g/mol. The number of hydrogen-bond acceptors (Lipinski definition) is 5. The molecule has 1 aromatic heterocycles. The number of benzene rings is 1. The number of halogens is 1. The van der Waals surface area contributed by atoms with Crippen LogP contribution in [0.15, 0.2) is 24.3 Å². The van der Waals surface area contributed by atoms with Gasteiger partial charge < -0.3 is 10.1 Å². The molecule has 26 heavy (non-hydrogen) atoms. The lowest BCUT2D eigenvalue weighted by Gasteiger charge is -2.26. The predicted molar refractivity (Wildman–Crippen MR) is 100.0 cm³/mol. The third kappa shape index (κ3) is 3.31. The summed E-state index contributed by atoms with van der Waals surface area (Å²) in [6.45, 7) is 3.73. The molecule has 7 heteroatoms. The lowest BCUT2D eigenvalue weighted by molar-refractivity contribution is 0.0918. The van der Waals surface area contributed by atoms with Gasteiger partial charge in [0.1, 0.15) is 10.6 Å². The summed E-state index contributed by atoms with van der Waals surface area (Å²) in [5.41, 5.74) is 1.25. The van der Waals surface area contributed by atoms with Crippen molar-refractivity contribution in [3.8, 4) is 5.75 Å². The first kappa shape index (κ1) is 18.4. The number of aryl methyl sites for hydroxylation is 1. The summed E-state index contributed by atoms with van der Waals surface area (Å²) in [6.07, 6.45) is 1.18. The number of hydrogen-bond donors (Lipinski definition) is 1. The third-order valence-corrected chi connectivity index (χ3v) is 5.73. The number of anilines is 1. The molecule has 138 valence electrons. The number of para-hydroxylation sites is 1. The van der Waals surface area contributed by atoms with E-state index in [1.165, 1.54) is 25.3 Å². The van der Waals surface area contributed by atoms with Crippen molar-refractivity contribution >= 4 is 28.7 Å². The topological polar surface area (TPSA) is 58.6 Å². The number of Topliss-reactive ketones (excluding diaryl/α,β-unsaturated/α-hetero) is 1. The van der Waals surface area contributed by atoms with Crippen LogP contribution in [-0.4, -0.2) is 25.3 Å². The lowest BCUT2D eigenvalue weighted by atomic mass is 10.00. The zero-order chi connectivity index (χ0) is 18.8. The molecule has 0 aliphatic carbocycles. The average Bonchev–Trinajstić information content (AvgIpc) is 3.02. The highest BCUT2D eigenvalue weighted by atomic mass is 32.1.